The molecule has 1 aromatic rings. The zero-order valence-electron chi connectivity index (χ0n) is 11.2. The third-order valence-electron chi connectivity index (χ3n) is 2.86. The van der Waals surface area contributed by atoms with Crippen molar-refractivity contribution in [3.8, 4) is 0 Å². The highest BCUT2D eigenvalue weighted by Crippen LogP contribution is 2.54. The molecule has 0 aliphatic heterocycles. The molecule has 0 spiro atoms. The number of benzene rings is 1. The van der Waals surface area contributed by atoms with Gasteiger partial charge in [0.05, 0.1) is 11.4 Å². The van der Waals surface area contributed by atoms with Crippen molar-refractivity contribution in [2.45, 2.75) is 31.4 Å². The van der Waals surface area contributed by atoms with Crippen LogP contribution in [0, 0.1) is 5.82 Å². The van der Waals surface area contributed by atoms with Crippen molar-refractivity contribution in [3.05, 3.63) is 23.5 Å². The molecule has 0 aromatic heterocycles. The summed E-state index contributed by atoms with van der Waals surface area (Å²) in [7, 11) is 0. The Morgan fingerprint density at radius 3 is 1.91 bits per heavy atom. The van der Waals surface area contributed by atoms with Crippen LogP contribution in [-0.4, -0.2) is 18.9 Å². The number of hydrogen-bond acceptors (Lipinski definition) is 2. The molecule has 0 fully saturated rings. The van der Waals surface area contributed by atoms with Crippen LogP contribution in [-0.2, 0) is 5.67 Å². The van der Waals surface area contributed by atoms with E-state index >= 15 is 0 Å². The van der Waals surface area contributed by atoms with Gasteiger partial charge >= 0.3 is 18.0 Å². The highest BCUT2D eigenvalue weighted by atomic mass is 19.4. The molecule has 0 aliphatic rings. The van der Waals surface area contributed by atoms with Gasteiger partial charge in [-0.1, -0.05) is 6.92 Å². The molecular formula is C12H12F8N2. The van der Waals surface area contributed by atoms with Crippen molar-refractivity contribution in [3.63, 3.8) is 0 Å². The Balaban J connectivity index is 3.56. The minimum atomic E-state index is -6.38. The molecule has 0 amide bonds. The van der Waals surface area contributed by atoms with Crippen molar-refractivity contribution in [1.82, 2.24) is 0 Å². The molecule has 126 valence electrons. The van der Waals surface area contributed by atoms with Crippen molar-refractivity contribution in [2.24, 2.45) is 0 Å². The SMILES string of the molecule is CCCNc1cc(C(F)(C(F)(F)F)C(F)(F)F)c(F)cc1N. The fourth-order valence-electron chi connectivity index (χ4n) is 1.73. The fourth-order valence-corrected chi connectivity index (χ4v) is 1.73. The number of halogens is 8. The van der Waals surface area contributed by atoms with Crippen molar-refractivity contribution in [2.75, 3.05) is 17.6 Å². The lowest BCUT2D eigenvalue weighted by molar-refractivity contribution is -0.349. The lowest BCUT2D eigenvalue weighted by Crippen LogP contribution is -2.51. The van der Waals surface area contributed by atoms with Crippen LogP contribution in [0.3, 0.4) is 0 Å². The van der Waals surface area contributed by atoms with E-state index in [2.05, 4.69) is 5.32 Å². The molecule has 3 N–H and O–H groups in total. The molecule has 0 aliphatic carbocycles. The van der Waals surface area contributed by atoms with Gasteiger partial charge in [-0.05, 0) is 18.6 Å². The van der Waals surface area contributed by atoms with Gasteiger partial charge in [-0.3, -0.25) is 0 Å². The number of nitrogens with one attached hydrogen (secondary N) is 1. The largest absolute Gasteiger partial charge is 0.436 e. The molecule has 0 radical (unpaired) electrons. The standard InChI is InChI=1S/C12H12F8N2/c1-2-3-22-9-4-6(7(13)5-8(9)21)10(14,11(15,16)17)12(18,19)20/h4-5,22H,2-3,21H2,1H3. The average molecular weight is 336 g/mol. The molecule has 10 heteroatoms. The Bertz CT molecular complexity index is 521. The van der Waals surface area contributed by atoms with E-state index in [1.165, 1.54) is 0 Å². The first-order chi connectivity index (χ1) is 9.86. The van der Waals surface area contributed by atoms with Crippen molar-refractivity contribution >= 4 is 11.4 Å². The minimum absolute atomic E-state index is 0.0985. The zero-order valence-corrected chi connectivity index (χ0v) is 11.2. The molecular weight excluding hydrogens is 324 g/mol. The first kappa shape index (κ1) is 18.3. The number of rotatable bonds is 4. The van der Waals surface area contributed by atoms with Gasteiger partial charge in [0.25, 0.3) is 0 Å². The van der Waals surface area contributed by atoms with Gasteiger partial charge in [-0.2, -0.15) is 26.3 Å². The molecule has 2 nitrogen and oxygen atoms in total. The van der Waals surface area contributed by atoms with Gasteiger partial charge in [-0.15, -0.1) is 0 Å². The monoisotopic (exact) mass is 336 g/mol. The topological polar surface area (TPSA) is 38.0 Å². The van der Waals surface area contributed by atoms with Gasteiger partial charge in [-0.25, -0.2) is 8.78 Å². The first-order valence-corrected chi connectivity index (χ1v) is 6.02. The molecule has 0 bridgehead atoms. The number of hydrogen-bond donors (Lipinski definition) is 2. The van der Waals surface area contributed by atoms with E-state index in [1.54, 1.807) is 6.92 Å². The number of alkyl halides is 7. The first-order valence-electron chi connectivity index (χ1n) is 6.02. The van der Waals surface area contributed by atoms with Crippen LogP contribution in [0.2, 0.25) is 0 Å². The quantitative estimate of drug-likeness (QED) is 0.627. The Morgan fingerprint density at radius 2 is 1.50 bits per heavy atom. The third kappa shape index (κ3) is 3.05. The summed E-state index contributed by atoms with van der Waals surface area (Å²) < 4.78 is 103. The lowest BCUT2D eigenvalue weighted by atomic mass is 9.92. The fraction of sp³-hybridized carbons (Fsp3) is 0.500. The van der Waals surface area contributed by atoms with Gasteiger partial charge in [0.1, 0.15) is 5.82 Å². The summed E-state index contributed by atoms with van der Waals surface area (Å²) in [5.74, 6) is -2.03. The van der Waals surface area contributed by atoms with Crippen molar-refractivity contribution < 1.29 is 35.1 Å². The van der Waals surface area contributed by atoms with Gasteiger partial charge in [0.2, 0.25) is 0 Å². The van der Waals surface area contributed by atoms with Crippen molar-refractivity contribution in [1.29, 1.82) is 0 Å². The normalized spacial score (nSPS) is 13.3. The van der Waals surface area contributed by atoms with E-state index in [9.17, 15) is 35.1 Å². The summed E-state index contributed by atoms with van der Waals surface area (Å²) in [5.41, 5.74) is -3.55. The zero-order chi connectivity index (χ0) is 17.3. The highest BCUT2D eigenvalue weighted by Gasteiger charge is 2.74. The highest BCUT2D eigenvalue weighted by molar-refractivity contribution is 5.68. The molecule has 0 atom stereocenters. The summed E-state index contributed by atoms with van der Waals surface area (Å²) in [6.07, 6.45) is -12.3. The Morgan fingerprint density at radius 1 is 1.00 bits per heavy atom. The lowest BCUT2D eigenvalue weighted by Gasteiger charge is -2.31. The number of anilines is 2. The van der Waals surface area contributed by atoms with E-state index in [1.807, 2.05) is 0 Å². The van der Waals surface area contributed by atoms with Crippen LogP contribution in [0.25, 0.3) is 0 Å². The summed E-state index contributed by atoms with van der Waals surface area (Å²) in [5, 5.41) is 2.41. The van der Waals surface area contributed by atoms with Crippen LogP contribution in [0.5, 0.6) is 0 Å². The molecule has 22 heavy (non-hydrogen) atoms. The predicted molar refractivity (Wildman–Crippen MR) is 64.5 cm³/mol. The minimum Gasteiger partial charge on any atom is -0.397 e. The van der Waals surface area contributed by atoms with E-state index in [4.69, 9.17) is 5.73 Å². The van der Waals surface area contributed by atoms with E-state index in [-0.39, 0.29) is 18.7 Å². The predicted octanol–water partition coefficient (Wildman–Crippen LogP) is 4.52. The van der Waals surface area contributed by atoms with Crippen LogP contribution < -0.4 is 11.1 Å². The van der Waals surface area contributed by atoms with Crippen LogP contribution in [0.4, 0.5) is 46.5 Å². The average Bonchev–Trinajstić information content (AvgIpc) is 2.34. The summed E-state index contributed by atoms with van der Waals surface area (Å²) in [6.45, 7) is 1.81. The Kier molecular flexibility index (Phi) is 4.83. The summed E-state index contributed by atoms with van der Waals surface area (Å²) >= 11 is 0. The third-order valence-corrected chi connectivity index (χ3v) is 2.86. The molecule has 0 saturated carbocycles. The van der Waals surface area contributed by atoms with E-state index in [0.717, 1.165) is 0 Å². The molecule has 0 unspecified atom stereocenters. The maximum Gasteiger partial charge on any atom is 0.436 e. The second-order valence-electron chi connectivity index (χ2n) is 4.50. The van der Waals surface area contributed by atoms with Crippen LogP contribution >= 0.6 is 0 Å². The number of nitrogens with two attached hydrogens (primary N) is 1. The maximum absolute atomic E-state index is 13.9. The Labute approximate surface area is 120 Å². The van der Waals surface area contributed by atoms with Gasteiger partial charge in [0, 0.05) is 12.1 Å². The summed E-state index contributed by atoms with van der Waals surface area (Å²) in [6, 6.07) is 0.320. The molecule has 1 rings (SSSR count). The second-order valence-corrected chi connectivity index (χ2v) is 4.50. The second kappa shape index (κ2) is 5.81. The smallest absolute Gasteiger partial charge is 0.397 e. The molecule has 1 aromatic carbocycles. The Hall–Kier alpha value is -1.74. The maximum atomic E-state index is 13.9. The van der Waals surface area contributed by atoms with Crippen LogP contribution in [0.1, 0.15) is 18.9 Å². The van der Waals surface area contributed by atoms with E-state index in [0.29, 0.717) is 6.42 Å². The van der Waals surface area contributed by atoms with Gasteiger partial charge in [0.15, 0.2) is 0 Å². The van der Waals surface area contributed by atoms with Gasteiger partial charge < -0.3 is 11.1 Å². The summed E-state index contributed by atoms with van der Waals surface area (Å²) in [4.78, 5) is 0. The van der Waals surface area contributed by atoms with E-state index < -0.39 is 40.8 Å². The molecule has 0 heterocycles. The molecule has 0 saturated heterocycles. The number of nitrogen functional groups attached to an aromatic ring is 1. The van der Waals surface area contributed by atoms with Crippen LogP contribution in [0.15, 0.2) is 12.1 Å².